The number of rotatable bonds is 4. The van der Waals surface area contributed by atoms with Crippen LogP contribution in [0.1, 0.15) is 45.7 Å². The smallest absolute Gasteiger partial charge is 0.125 e. The third kappa shape index (κ3) is 5.09. The first-order valence-corrected chi connectivity index (χ1v) is 6.77. The van der Waals surface area contributed by atoms with Gasteiger partial charge in [-0.05, 0) is 30.9 Å². The Labute approximate surface area is 113 Å². The van der Waals surface area contributed by atoms with Crippen molar-refractivity contribution in [3.05, 3.63) is 28.2 Å². The molecule has 1 aromatic rings. The lowest BCUT2D eigenvalue weighted by molar-refractivity contribution is 0.240. The summed E-state index contributed by atoms with van der Waals surface area (Å²) in [6, 6.07) is 5.99. The standard InChI is InChI=1S/C14H22BrNO/c1-10(16)12-6-5-11(15)9-13(12)17-8-7-14(2,3)4/h5-6,9-10H,7-8,16H2,1-4H3/t10-/m0/s1. The summed E-state index contributed by atoms with van der Waals surface area (Å²) in [6.45, 7) is 9.33. The van der Waals surface area contributed by atoms with Crippen LogP contribution in [0.5, 0.6) is 5.75 Å². The van der Waals surface area contributed by atoms with Crippen LogP contribution in [0, 0.1) is 5.41 Å². The van der Waals surface area contributed by atoms with Gasteiger partial charge in [-0.3, -0.25) is 0 Å². The summed E-state index contributed by atoms with van der Waals surface area (Å²) < 4.78 is 6.87. The molecule has 96 valence electrons. The largest absolute Gasteiger partial charge is 0.493 e. The SMILES string of the molecule is C[C@H](N)c1ccc(Br)cc1OCCC(C)(C)C. The van der Waals surface area contributed by atoms with Crippen LogP contribution >= 0.6 is 15.9 Å². The molecular formula is C14H22BrNO. The minimum absolute atomic E-state index is 0.00673. The topological polar surface area (TPSA) is 35.2 Å². The molecule has 0 aliphatic rings. The molecule has 3 heteroatoms. The van der Waals surface area contributed by atoms with E-state index in [1.807, 2.05) is 25.1 Å². The lowest BCUT2D eigenvalue weighted by atomic mass is 9.93. The van der Waals surface area contributed by atoms with Gasteiger partial charge in [0.15, 0.2) is 0 Å². The van der Waals surface area contributed by atoms with E-state index >= 15 is 0 Å². The summed E-state index contributed by atoms with van der Waals surface area (Å²) >= 11 is 3.46. The molecule has 0 heterocycles. The molecule has 1 rings (SSSR count). The van der Waals surface area contributed by atoms with Crippen LogP contribution in [0.3, 0.4) is 0 Å². The molecule has 0 amide bonds. The zero-order valence-corrected chi connectivity index (χ0v) is 12.7. The van der Waals surface area contributed by atoms with Crippen molar-refractivity contribution in [2.45, 2.75) is 40.2 Å². The van der Waals surface area contributed by atoms with Gasteiger partial charge in [-0.1, -0.05) is 42.8 Å². The van der Waals surface area contributed by atoms with Crippen molar-refractivity contribution in [1.82, 2.24) is 0 Å². The van der Waals surface area contributed by atoms with Gasteiger partial charge in [-0.25, -0.2) is 0 Å². The molecular weight excluding hydrogens is 278 g/mol. The average Bonchev–Trinajstić information content (AvgIpc) is 2.15. The second-order valence-corrected chi connectivity index (χ2v) is 6.55. The molecule has 1 atom stereocenters. The highest BCUT2D eigenvalue weighted by Crippen LogP contribution is 2.28. The van der Waals surface area contributed by atoms with Gasteiger partial charge in [0, 0.05) is 16.1 Å². The monoisotopic (exact) mass is 299 g/mol. The first kappa shape index (κ1) is 14.5. The van der Waals surface area contributed by atoms with E-state index in [4.69, 9.17) is 10.5 Å². The van der Waals surface area contributed by atoms with Crippen molar-refractivity contribution in [3.63, 3.8) is 0 Å². The second kappa shape index (κ2) is 5.87. The number of halogens is 1. The van der Waals surface area contributed by atoms with Crippen molar-refractivity contribution in [2.24, 2.45) is 11.1 Å². The van der Waals surface area contributed by atoms with E-state index in [0.29, 0.717) is 5.41 Å². The molecule has 0 bridgehead atoms. The van der Waals surface area contributed by atoms with Crippen LogP contribution in [0.4, 0.5) is 0 Å². The molecule has 2 nitrogen and oxygen atoms in total. The minimum Gasteiger partial charge on any atom is -0.493 e. The van der Waals surface area contributed by atoms with Crippen LogP contribution in [0.15, 0.2) is 22.7 Å². The van der Waals surface area contributed by atoms with E-state index in [-0.39, 0.29) is 6.04 Å². The Morgan fingerprint density at radius 1 is 1.35 bits per heavy atom. The lowest BCUT2D eigenvalue weighted by Gasteiger charge is -2.20. The predicted molar refractivity (Wildman–Crippen MR) is 76.3 cm³/mol. The highest BCUT2D eigenvalue weighted by molar-refractivity contribution is 9.10. The molecule has 0 aliphatic heterocycles. The molecule has 0 unspecified atom stereocenters. The van der Waals surface area contributed by atoms with Gasteiger partial charge in [0.2, 0.25) is 0 Å². The summed E-state index contributed by atoms with van der Waals surface area (Å²) in [5, 5.41) is 0. The van der Waals surface area contributed by atoms with E-state index in [1.165, 1.54) is 0 Å². The molecule has 17 heavy (non-hydrogen) atoms. The molecule has 0 spiro atoms. The summed E-state index contributed by atoms with van der Waals surface area (Å²) in [5.74, 6) is 0.888. The van der Waals surface area contributed by atoms with Gasteiger partial charge >= 0.3 is 0 Å². The van der Waals surface area contributed by atoms with Crippen LogP contribution in [-0.4, -0.2) is 6.61 Å². The Bertz CT molecular complexity index is 369. The van der Waals surface area contributed by atoms with Crippen LogP contribution < -0.4 is 10.5 Å². The second-order valence-electron chi connectivity index (χ2n) is 5.63. The highest BCUT2D eigenvalue weighted by Gasteiger charge is 2.12. The van der Waals surface area contributed by atoms with E-state index in [0.717, 1.165) is 28.8 Å². The Morgan fingerprint density at radius 2 is 2.00 bits per heavy atom. The molecule has 2 N–H and O–H groups in total. The van der Waals surface area contributed by atoms with Crippen molar-refractivity contribution < 1.29 is 4.74 Å². The van der Waals surface area contributed by atoms with E-state index in [9.17, 15) is 0 Å². The van der Waals surface area contributed by atoms with Crippen LogP contribution in [-0.2, 0) is 0 Å². The summed E-state index contributed by atoms with van der Waals surface area (Å²) in [7, 11) is 0. The average molecular weight is 300 g/mol. The van der Waals surface area contributed by atoms with Gasteiger partial charge in [0.1, 0.15) is 5.75 Å². The van der Waals surface area contributed by atoms with E-state index in [2.05, 4.69) is 36.7 Å². The Balaban J connectivity index is 2.72. The Morgan fingerprint density at radius 3 is 2.53 bits per heavy atom. The highest BCUT2D eigenvalue weighted by atomic mass is 79.9. The number of hydrogen-bond acceptors (Lipinski definition) is 2. The minimum atomic E-state index is -0.00673. The predicted octanol–water partition coefficient (Wildman–Crippen LogP) is 4.28. The summed E-state index contributed by atoms with van der Waals surface area (Å²) in [5.41, 5.74) is 7.28. The molecule has 0 aromatic heterocycles. The van der Waals surface area contributed by atoms with Crippen LogP contribution in [0.25, 0.3) is 0 Å². The molecule has 0 fully saturated rings. The Kier molecular flexibility index (Phi) is 5.02. The van der Waals surface area contributed by atoms with E-state index in [1.54, 1.807) is 0 Å². The maximum Gasteiger partial charge on any atom is 0.125 e. The maximum absolute atomic E-state index is 5.93. The van der Waals surface area contributed by atoms with Gasteiger partial charge in [0.05, 0.1) is 6.61 Å². The van der Waals surface area contributed by atoms with Crippen molar-refractivity contribution >= 4 is 15.9 Å². The van der Waals surface area contributed by atoms with Gasteiger partial charge in [-0.15, -0.1) is 0 Å². The summed E-state index contributed by atoms with van der Waals surface area (Å²) in [4.78, 5) is 0. The zero-order chi connectivity index (χ0) is 13.1. The Hall–Kier alpha value is -0.540. The normalized spacial score (nSPS) is 13.5. The number of benzene rings is 1. The number of ether oxygens (including phenoxy) is 1. The number of nitrogens with two attached hydrogens (primary N) is 1. The van der Waals surface area contributed by atoms with Crippen molar-refractivity contribution in [2.75, 3.05) is 6.61 Å². The molecule has 0 radical (unpaired) electrons. The first-order chi connectivity index (χ1) is 7.79. The molecule has 0 saturated heterocycles. The maximum atomic E-state index is 5.93. The summed E-state index contributed by atoms with van der Waals surface area (Å²) in [6.07, 6.45) is 1.03. The van der Waals surface area contributed by atoms with E-state index < -0.39 is 0 Å². The fraction of sp³-hybridized carbons (Fsp3) is 0.571. The van der Waals surface area contributed by atoms with Crippen molar-refractivity contribution in [3.8, 4) is 5.75 Å². The lowest BCUT2D eigenvalue weighted by Crippen LogP contribution is -2.13. The zero-order valence-electron chi connectivity index (χ0n) is 11.1. The quantitative estimate of drug-likeness (QED) is 0.900. The van der Waals surface area contributed by atoms with Crippen molar-refractivity contribution in [1.29, 1.82) is 0 Å². The molecule has 0 saturated carbocycles. The van der Waals surface area contributed by atoms with Crippen LogP contribution in [0.2, 0.25) is 0 Å². The third-order valence-electron chi connectivity index (χ3n) is 2.58. The fourth-order valence-electron chi connectivity index (χ4n) is 1.48. The molecule has 1 aromatic carbocycles. The molecule has 0 aliphatic carbocycles. The van der Waals surface area contributed by atoms with Gasteiger partial charge < -0.3 is 10.5 Å². The third-order valence-corrected chi connectivity index (χ3v) is 3.07. The van der Waals surface area contributed by atoms with Gasteiger partial charge in [-0.2, -0.15) is 0 Å². The fourth-order valence-corrected chi connectivity index (χ4v) is 1.82. The number of hydrogen-bond donors (Lipinski definition) is 1. The first-order valence-electron chi connectivity index (χ1n) is 5.97. The van der Waals surface area contributed by atoms with Gasteiger partial charge in [0.25, 0.3) is 0 Å².